The van der Waals surface area contributed by atoms with Crippen LogP contribution in [0.25, 0.3) is 0 Å². The van der Waals surface area contributed by atoms with E-state index in [4.69, 9.17) is 4.98 Å². The number of aryl methyl sites for hydroxylation is 1. The van der Waals surface area contributed by atoms with Crippen molar-refractivity contribution in [1.29, 1.82) is 0 Å². The highest BCUT2D eigenvalue weighted by molar-refractivity contribution is 5.95. The van der Waals surface area contributed by atoms with Crippen molar-refractivity contribution in [2.75, 3.05) is 26.2 Å². The van der Waals surface area contributed by atoms with Crippen molar-refractivity contribution in [3.63, 3.8) is 0 Å². The minimum atomic E-state index is -0.114. The zero-order valence-corrected chi connectivity index (χ0v) is 18.0. The number of allylic oxidation sites excluding steroid dienone is 2. The number of aromatic nitrogens is 1. The number of amides is 2. The molecule has 1 saturated heterocycles. The summed E-state index contributed by atoms with van der Waals surface area (Å²) in [7, 11) is 0. The van der Waals surface area contributed by atoms with Crippen LogP contribution in [0.2, 0.25) is 0 Å². The lowest BCUT2D eigenvalue weighted by atomic mass is 9.88. The number of hydrogen-bond acceptors (Lipinski definition) is 3. The Morgan fingerprint density at radius 2 is 1.80 bits per heavy atom. The summed E-state index contributed by atoms with van der Waals surface area (Å²) in [5, 5.41) is 0. The second-order valence-electron chi connectivity index (χ2n) is 8.59. The molecule has 1 aromatic rings. The van der Waals surface area contributed by atoms with Crippen molar-refractivity contribution in [2.45, 2.75) is 45.4 Å². The summed E-state index contributed by atoms with van der Waals surface area (Å²) in [4.78, 5) is 34.8. The molecule has 0 saturated carbocycles. The number of rotatable bonds is 3. The molecule has 4 rings (SSSR count). The van der Waals surface area contributed by atoms with Crippen LogP contribution in [0, 0.1) is 12.8 Å². The van der Waals surface area contributed by atoms with E-state index in [9.17, 15) is 9.59 Å². The molecule has 5 heteroatoms. The topological polar surface area (TPSA) is 53.5 Å². The molecule has 3 aliphatic rings. The number of carbonyl (C=O) groups is 2. The number of carbonyl (C=O) groups excluding carboxylic acids is 2. The third-order valence-electron chi connectivity index (χ3n) is 6.49. The number of likely N-dealkylation sites (tertiary alicyclic amines) is 1. The van der Waals surface area contributed by atoms with Crippen LogP contribution in [0.3, 0.4) is 0 Å². The van der Waals surface area contributed by atoms with Gasteiger partial charge in [-0.15, -0.1) is 0 Å². The lowest BCUT2D eigenvalue weighted by Gasteiger charge is -2.35. The Kier molecular flexibility index (Phi) is 6.16. The number of nitrogens with zero attached hydrogens (tertiary/aromatic N) is 3. The molecule has 1 unspecified atom stereocenters. The predicted molar refractivity (Wildman–Crippen MR) is 118 cm³/mol. The smallest absolute Gasteiger partial charge is 0.256 e. The Labute approximate surface area is 179 Å². The number of hydrogen-bond donors (Lipinski definition) is 0. The van der Waals surface area contributed by atoms with Gasteiger partial charge < -0.3 is 9.80 Å². The van der Waals surface area contributed by atoms with Crippen molar-refractivity contribution in [1.82, 2.24) is 14.8 Å². The van der Waals surface area contributed by atoms with Gasteiger partial charge in [0.25, 0.3) is 5.91 Å². The molecule has 1 atom stereocenters. The number of piperidine rings is 1. The van der Waals surface area contributed by atoms with Gasteiger partial charge in [0.05, 0.1) is 17.2 Å². The summed E-state index contributed by atoms with van der Waals surface area (Å²) < 4.78 is 0. The third-order valence-corrected chi connectivity index (χ3v) is 6.49. The van der Waals surface area contributed by atoms with Crippen molar-refractivity contribution in [3.8, 4) is 0 Å². The lowest BCUT2D eigenvalue weighted by molar-refractivity contribution is -0.134. The van der Waals surface area contributed by atoms with E-state index in [0.29, 0.717) is 6.54 Å². The average Bonchev–Trinajstić information content (AvgIpc) is 2.79. The van der Waals surface area contributed by atoms with Crippen molar-refractivity contribution in [3.05, 3.63) is 65.0 Å². The van der Waals surface area contributed by atoms with Crippen LogP contribution in [0.5, 0.6) is 0 Å². The molecule has 0 bridgehead atoms. The van der Waals surface area contributed by atoms with Gasteiger partial charge in [0, 0.05) is 37.8 Å². The monoisotopic (exact) mass is 405 g/mol. The highest BCUT2D eigenvalue weighted by Gasteiger charge is 2.31. The van der Waals surface area contributed by atoms with Crippen LogP contribution in [0.4, 0.5) is 0 Å². The summed E-state index contributed by atoms with van der Waals surface area (Å²) in [6, 6.07) is 3.87. The Balaban J connectivity index is 1.47. The summed E-state index contributed by atoms with van der Waals surface area (Å²) >= 11 is 0. The maximum atomic E-state index is 13.2. The minimum absolute atomic E-state index is 0.0773. The lowest BCUT2D eigenvalue weighted by Crippen LogP contribution is -2.42. The first-order valence-corrected chi connectivity index (χ1v) is 11.1. The van der Waals surface area contributed by atoms with Gasteiger partial charge in [-0.3, -0.25) is 14.6 Å². The Morgan fingerprint density at radius 3 is 2.50 bits per heavy atom. The molecule has 1 aliphatic carbocycles. The van der Waals surface area contributed by atoms with E-state index in [0.717, 1.165) is 67.8 Å². The molecule has 0 radical (unpaired) electrons. The molecular formula is C25H31N3O2. The zero-order chi connectivity index (χ0) is 21.1. The molecule has 1 fully saturated rings. The first-order chi connectivity index (χ1) is 14.5. The second-order valence-corrected chi connectivity index (χ2v) is 8.59. The van der Waals surface area contributed by atoms with E-state index < -0.39 is 0 Å². The standard InChI is InChI=1S/C25H31N3O2/c1-18-8-4-5-9-21(18)24(29)28-16-12-20(13-17-28)23-22(11-10-19(2)26-23)25(30)27-14-6-3-7-15-27/h3,5-6,8-11,20-21H,4,7,12-17H2,1-2H3. The van der Waals surface area contributed by atoms with E-state index in [1.165, 1.54) is 0 Å². The molecule has 30 heavy (non-hydrogen) atoms. The van der Waals surface area contributed by atoms with E-state index >= 15 is 0 Å². The fourth-order valence-corrected chi connectivity index (χ4v) is 4.66. The van der Waals surface area contributed by atoms with E-state index in [2.05, 4.69) is 24.3 Å². The van der Waals surface area contributed by atoms with Crippen molar-refractivity contribution in [2.24, 2.45) is 5.92 Å². The second kappa shape index (κ2) is 8.99. The highest BCUT2D eigenvalue weighted by atomic mass is 16.2. The van der Waals surface area contributed by atoms with Crippen LogP contribution in [-0.2, 0) is 4.79 Å². The van der Waals surface area contributed by atoms with Crippen molar-refractivity contribution < 1.29 is 9.59 Å². The van der Waals surface area contributed by atoms with Crippen LogP contribution < -0.4 is 0 Å². The SMILES string of the molecule is CC1=CCC=CC1C(=O)N1CCC(c2nc(C)ccc2C(=O)N2CC=CCC2)CC1. The van der Waals surface area contributed by atoms with E-state index in [1.54, 1.807) is 0 Å². The molecule has 158 valence electrons. The Hall–Kier alpha value is -2.69. The Morgan fingerprint density at radius 1 is 1.00 bits per heavy atom. The van der Waals surface area contributed by atoms with Gasteiger partial charge in [0.2, 0.25) is 5.91 Å². The van der Waals surface area contributed by atoms with Gasteiger partial charge in [0.15, 0.2) is 0 Å². The average molecular weight is 406 g/mol. The summed E-state index contributed by atoms with van der Waals surface area (Å²) in [6.07, 6.45) is 14.0. The molecule has 2 amide bonds. The molecule has 2 aliphatic heterocycles. The van der Waals surface area contributed by atoms with Crippen LogP contribution in [-0.4, -0.2) is 52.8 Å². The van der Waals surface area contributed by atoms with Gasteiger partial charge in [-0.05, 0) is 51.7 Å². The molecule has 5 nitrogen and oxygen atoms in total. The maximum absolute atomic E-state index is 13.2. The number of pyridine rings is 1. The van der Waals surface area contributed by atoms with Gasteiger partial charge in [-0.25, -0.2) is 0 Å². The van der Waals surface area contributed by atoms with Crippen molar-refractivity contribution >= 4 is 11.8 Å². The van der Waals surface area contributed by atoms with Gasteiger partial charge in [-0.2, -0.15) is 0 Å². The normalized spacial score (nSPS) is 22.2. The van der Waals surface area contributed by atoms with E-state index in [-0.39, 0.29) is 23.7 Å². The van der Waals surface area contributed by atoms with Gasteiger partial charge in [0.1, 0.15) is 0 Å². The third kappa shape index (κ3) is 4.25. The molecule has 1 aromatic heterocycles. The fraction of sp³-hybridized carbons (Fsp3) is 0.480. The van der Waals surface area contributed by atoms with E-state index in [1.807, 2.05) is 41.9 Å². The zero-order valence-electron chi connectivity index (χ0n) is 18.0. The molecule has 3 heterocycles. The maximum Gasteiger partial charge on any atom is 0.256 e. The predicted octanol–water partition coefficient (Wildman–Crippen LogP) is 4.02. The summed E-state index contributed by atoms with van der Waals surface area (Å²) in [5.74, 6) is 0.378. The largest absolute Gasteiger partial charge is 0.342 e. The van der Waals surface area contributed by atoms with Crippen LogP contribution >= 0.6 is 0 Å². The van der Waals surface area contributed by atoms with Crippen LogP contribution in [0.1, 0.15) is 60.3 Å². The minimum Gasteiger partial charge on any atom is -0.342 e. The first kappa shape index (κ1) is 20.6. The summed E-state index contributed by atoms with van der Waals surface area (Å²) in [6.45, 7) is 6.89. The van der Waals surface area contributed by atoms with Gasteiger partial charge in [-0.1, -0.05) is 36.0 Å². The summed E-state index contributed by atoms with van der Waals surface area (Å²) in [5.41, 5.74) is 3.73. The molecule has 0 spiro atoms. The van der Waals surface area contributed by atoms with Gasteiger partial charge >= 0.3 is 0 Å². The molecular weight excluding hydrogens is 374 g/mol. The first-order valence-electron chi connectivity index (χ1n) is 11.1. The fourth-order valence-electron chi connectivity index (χ4n) is 4.66. The highest BCUT2D eigenvalue weighted by Crippen LogP contribution is 2.32. The Bertz CT molecular complexity index is 907. The van der Waals surface area contributed by atoms with Crippen LogP contribution in [0.15, 0.2) is 48.1 Å². The molecule has 0 N–H and O–H groups in total. The quantitative estimate of drug-likeness (QED) is 0.714. The molecule has 0 aromatic carbocycles.